The molecule has 1 aromatic rings. The van der Waals surface area contributed by atoms with Gasteiger partial charge in [0.25, 0.3) is 0 Å². The number of rotatable bonds is 9. The molecule has 6 nitrogen and oxygen atoms in total. The SMILES string of the molecule is CCN(CC)c1ncccc1C(=O)CCCCNC(=O)OC(C)(C)C. The lowest BCUT2D eigenvalue weighted by Gasteiger charge is -2.22. The molecular weight excluding hydrogens is 318 g/mol. The molecule has 1 aromatic heterocycles. The molecule has 0 bridgehead atoms. The summed E-state index contributed by atoms with van der Waals surface area (Å²) in [7, 11) is 0. The van der Waals surface area contributed by atoms with Gasteiger partial charge in [-0.15, -0.1) is 0 Å². The molecule has 0 radical (unpaired) electrons. The molecule has 1 heterocycles. The van der Waals surface area contributed by atoms with Crippen molar-refractivity contribution in [2.45, 2.75) is 59.5 Å². The maximum atomic E-state index is 12.5. The lowest BCUT2D eigenvalue weighted by molar-refractivity contribution is 0.0527. The lowest BCUT2D eigenvalue weighted by Crippen LogP contribution is -2.33. The molecule has 1 rings (SSSR count). The van der Waals surface area contributed by atoms with Crippen molar-refractivity contribution in [3.8, 4) is 0 Å². The summed E-state index contributed by atoms with van der Waals surface area (Å²) in [6, 6.07) is 3.63. The first-order valence-corrected chi connectivity index (χ1v) is 8.98. The molecule has 0 unspecified atom stereocenters. The highest BCUT2D eigenvalue weighted by molar-refractivity contribution is 6.00. The van der Waals surface area contributed by atoms with Crippen LogP contribution in [0.2, 0.25) is 0 Å². The van der Waals surface area contributed by atoms with E-state index < -0.39 is 11.7 Å². The molecule has 25 heavy (non-hydrogen) atoms. The van der Waals surface area contributed by atoms with Gasteiger partial charge >= 0.3 is 6.09 Å². The van der Waals surface area contributed by atoms with Crippen molar-refractivity contribution >= 4 is 17.7 Å². The van der Waals surface area contributed by atoms with Gasteiger partial charge in [-0.2, -0.15) is 0 Å². The van der Waals surface area contributed by atoms with Crippen LogP contribution < -0.4 is 10.2 Å². The number of alkyl carbamates (subject to hydrolysis) is 1. The molecule has 0 aliphatic heterocycles. The van der Waals surface area contributed by atoms with Crippen LogP contribution in [0.4, 0.5) is 10.6 Å². The van der Waals surface area contributed by atoms with Gasteiger partial charge in [-0.1, -0.05) is 0 Å². The number of carbonyl (C=O) groups is 2. The highest BCUT2D eigenvalue weighted by atomic mass is 16.6. The summed E-state index contributed by atoms with van der Waals surface area (Å²) in [6.07, 6.45) is 3.17. The van der Waals surface area contributed by atoms with Gasteiger partial charge in [-0.3, -0.25) is 4.79 Å². The highest BCUT2D eigenvalue weighted by Gasteiger charge is 2.17. The maximum Gasteiger partial charge on any atom is 0.407 e. The first-order chi connectivity index (χ1) is 11.8. The third-order valence-corrected chi connectivity index (χ3v) is 3.65. The zero-order chi connectivity index (χ0) is 18.9. The Morgan fingerprint density at radius 2 is 1.88 bits per heavy atom. The predicted octanol–water partition coefficient (Wildman–Crippen LogP) is 3.81. The van der Waals surface area contributed by atoms with Crippen molar-refractivity contribution in [2.75, 3.05) is 24.5 Å². The largest absolute Gasteiger partial charge is 0.444 e. The first-order valence-electron chi connectivity index (χ1n) is 8.98. The van der Waals surface area contributed by atoms with Crippen LogP contribution >= 0.6 is 0 Å². The Bertz CT molecular complexity index is 563. The monoisotopic (exact) mass is 349 g/mol. The van der Waals surface area contributed by atoms with E-state index in [9.17, 15) is 9.59 Å². The van der Waals surface area contributed by atoms with Crippen molar-refractivity contribution in [1.82, 2.24) is 10.3 Å². The van der Waals surface area contributed by atoms with Gasteiger partial charge in [-0.25, -0.2) is 9.78 Å². The van der Waals surface area contributed by atoms with Crippen LogP contribution in [0.3, 0.4) is 0 Å². The summed E-state index contributed by atoms with van der Waals surface area (Å²) < 4.78 is 5.17. The summed E-state index contributed by atoms with van der Waals surface area (Å²) in [5.74, 6) is 0.844. The smallest absolute Gasteiger partial charge is 0.407 e. The predicted molar refractivity (Wildman–Crippen MR) is 100 cm³/mol. The Kier molecular flexibility index (Phi) is 8.38. The Labute approximate surface area is 151 Å². The number of aromatic nitrogens is 1. The van der Waals surface area contributed by atoms with E-state index in [1.807, 2.05) is 26.8 Å². The van der Waals surface area contributed by atoms with Crippen molar-refractivity contribution in [3.05, 3.63) is 23.9 Å². The molecule has 0 fully saturated rings. The van der Waals surface area contributed by atoms with E-state index in [1.165, 1.54) is 0 Å². The molecule has 0 saturated heterocycles. The minimum atomic E-state index is -0.499. The minimum Gasteiger partial charge on any atom is -0.444 e. The fourth-order valence-corrected chi connectivity index (χ4v) is 2.44. The molecule has 0 spiro atoms. The van der Waals surface area contributed by atoms with Gasteiger partial charge in [-0.05, 0) is 59.6 Å². The minimum absolute atomic E-state index is 0.0901. The summed E-state index contributed by atoms with van der Waals surface area (Å²) in [5.41, 5.74) is 0.174. The van der Waals surface area contributed by atoms with Gasteiger partial charge in [0.1, 0.15) is 11.4 Å². The summed E-state index contributed by atoms with van der Waals surface area (Å²) in [5, 5.41) is 2.71. The van der Waals surface area contributed by atoms with Gasteiger partial charge in [0.15, 0.2) is 5.78 Å². The molecule has 1 amide bonds. The average molecular weight is 349 g/mol. The van der Waals surface area contributed by atoms with E-state index in [0.29, 0.717) is 24.9 Å². The number of Topliss-reactive ketones (excluding diaryl/α,β-unsaturated/α-hetero) is 1. The van der Waals surface area contributed by atoms with Gasteiger partial charge < -0.3 is 15.0 Å². The third-order valence-electron chi connectivity index (χ3n) is 3.65. The number of ether oxygens (including phenoxy) is 1. The van der Waals surface area contributed by atoms with Crippen LogP contribution in [0.1, 0.15) is 64.2 Å². The van der Waals surface area contributed by atoms with Crippen molar-refractivity contribution in [2.24, 2.45) is 0 Å². The van der Waals surface area contributed by atoms with E-state index in [2.05, 4.69) is 29.0 Å². The summed E-state index contributed by atoms with van der Waals surface area (Å²) in [6.45, 7) is 11.7. The zero-order valence-electron chi connectivity index (χ0n) is 16.1. The molecule has 0 aliphatic rings. The number of carbonyl (C=O) groups excluding carboxylic acids is 2. The molecule has 1 N–H and O–H groups in total. The Hall–Kier alpha value is -2.11. The Balaban J connectivity index is 2.44. The lowest BCUT2D eigenvalue weighted by atomic mass is 10.1. The molecular formula is C19H31N3O3. The van der Waals surface area contributed by atoms with Crippen LogP contribution in [0.5, 0.6) is 0 Å². The van der Waals surface area contributed by atoms with E-state index >= 15 is 0 Å². The molecule has 0 atom stereocenters. The molecule has 0 saturated carbocycles. The normalized spacial score (nSPS) is 11.1. The fourth-order valence-electron chi connectivity index (χ4n) is 2.44. The Morgan fingerprint density at radius 3 is 2.48 bits per heavy atom. The Morgan fingerprint density at radius 1 is 1.20 bits per heavy atom. The molecule has 6 heteroatoms. The van der Waals surface area contributed by atoms with Crippen LogP contribution in [0, 0.1) is 0 Å². The number of ketones is 1. The average Bonchev–Trinajstić information content (AvgIpc) is 2.54. The summed E-state index contributed by atoms with van der Waals surface area (Å²) in [4.78, 5) is 30.5. The molecule has 0 aliphatic carbocycles. The first kappa shape index (κ1) is 20.9. The number of nitrogens with one attached hydrogen (secondary N) is 1. The van der Waals surface area contributed by atoms with Crippen molar-refractivity contribution in [3.63, 3.8) is 0 Å². The zero-order valence-corrected chi connectivity index (χ0v) is 16.1. The number of pyridine rings is 1. The number of anilines is 1. The quantitative estimate of drug-likeness (QED) is 0.542. The second-order valence-electron chi connectivity index (χ2n) is 6.86. The number of hydrogen-bond acceptors (Lipinski definition) is 5. The highest BCUT2D eigenvalue weighted by Crippen LogP contribution is 2.19. The van der Waals surface area contributed by atoms with E-state index in [1.54, 1.807) is 12.3 Å². The van der Waals surface area contributed by atoms with Gasteiger partial charge in [0.2, 0.25) is 0 Å². The number of unbranched alkanes of at least 4 members (excludes halogenated alkanes) is 1. The van der Waals surface area contributed by atoms with Crippen LogP contribution in [0.15, 0.2) is 18.3 Å². The standard InChI is InChI=1S/C19H31N3O3/c1-6-22(7-2)17-15(11-10-14-20-17)16(23)12-8-9-13-21-18(24)25-19(3,4)5/h10-11,14H,6-9,12-13H2,1-5H3,(H,21,24). The number of nitrogens with zero attached hydrogens (tertiary/aromatic N) is 2. The maximum absolute atomic E-state index is 12.5. The van der Waals surface area contributed by atoms with Gasteiger partial charge in [0, 0.05) is 32.3 Å². The van der Waals surface area contributed by atoms with E-state index in [-0.39, 0.29) is 5.78 Å². The van der Waals surface area contributed by atoms with Crippen LogP contribution in [0.25, 0.3) is 0 Å². The fraction of sp³-hybridized carbons (Fsp3) is 0.632. The third kappa shape index (κ3) is 7.54. The van der Waals surface area contributed by atoms with E-state index in [4.69, 9.17) is 4.74 Å². The van der Waals surface area contributed by atoms with Crippen LogP contribution in [-0.4, -0.2) is 42.1 Å². The summed E-state index contributed by atoms with van der Waals surface area (Å²) >= 11 is 0. The van der Waals surface area contributed by atoms with Gasteiger partial charge in [0.05, 0.1) is 5.56 Å². The number of hydrogen-bond donors (Lipinski definition) is 1. The van der Waals surface area contributed by atoms with Crippen molar-refractivity contribution in [1.29, 1.82) is 0 Å². The topological polar surface area (TPSA) is 71.5 Å². The molecule has 0 aromatic carbocycles. The molecule has 140 valence electrons. The van der Waals surface area contributed by atoms with Crippen molar-refractivity contribution < 1.29 is 14.3 Å². The second-order valence-corrected chi connectivity index (χ2v) is 6.86. The second kappa shape index (κ2) is 10.0. The van der Waals surface area contributed by atoms with E-state index in [0.717, 1.165) is 25.3 Å². The number of amides is 1. The van der Waals surface area contributed by atoms with Crippen LogP contribution in [-0.2, 0) is 4.74 Å².